The smallest absolute Gasteiger partial charge is 0.0922 e. The van der Waals surface area contributed by atoms with Crippen molar-refractivity contribution in [3.8, 4) is 0 Å². The summed E-state index contributed by atoms with van der Waals surface area (Å²) in [7, 11) is 0. The largest absolute Gasteiger partial charge is 0.347 e. The highest BCUT2D eigenvalue weighted by Gasteiger charge is 1.94. The number of H-pyrrole nitrogens is 1. The zero-order valence-electron chi connectivity index (χ0n) is 7.64. The van der Waals surface area contributed by atoms with Crippen LogP contribution in [0.5, 0.6) is 0 Å². The van der Waals surface area contributed by atoms with Gasteiger partial charge in [-0.2, -0.15) is 0 Å². The molecular formula is C9H11N5. The van der Waals surface area contributed by atoms with Crippen LogP contribution in [0, 0.1) is 0 Å². The minimum Gasteiger partial charge on any atom is -0.347 e. The molecule has 0 amide bonds. The standard InChI is InChI=1S/C9H11N5/c1-2-13-8(3-10-1)4-11-5-9-6-12-7-14-9/h1-3,6-7,11H,4-5H2,(H,12,14). The normalized spacial score (nSPS) is 10.3. The van der Waals surface area contributed by atoms with Crippen LogP contribution < -0.4 is 5.32 Å². The van der Waals surface area contributed by atoms with Crippen molar-refractivity contribution < 1.29 is 0 Å². The van der Waals surface area contributed by atoms with E-state index in [1.54, 1.807) is 31.1 Å². The van der Waals surface area contributed by atoms with Crippen molar-refractivity contribution >= 4 is 0 Å². The molecule has 0 aromatic carbocycles. The van der Waals surface area contributed by atoms with Crippen LogP contribution in [0.4, 0.5) is 0 Å². The Morgan fingerprint density at radius 3 is 2.86 bits per heavy atom. The topological polar surface area (TPSA) is 66.5 Å². The van der Waals surface area contributed by atoms with Crippen molar-refractivity contribution in [2.75, 3.05) is 0 Å². The second kappa shape index (κ2) is 4.48. The molecule has 0 radical (unpaired) electrons. The van der Waals surface area contributed by atoms with Crippen molar-refractivity contribution in [3.05, 3.63) is 42.5 Å². The summed E-state index contributed by atoms with van der Waals surface area (Å²) in [5, 5.41) is 3.23. The van der Waals surface area contributed by atoms with Gasteiger partial charge in [-0.3, -0.25) is 9.97 Å². The molecule has 72 valence electrons. The number of rotatable bonds is 4. The average Bonchev–Trinajstić information content (AvgIpc) is 2.72. The number of aromatic amines is 1. The van der Waals surface area contributed by atoms with Gasteiger partial charge >= 0.3 is 0 Å². The second-order valence-electron chi connectivity index (χ2n) is 2.88. The van der Waals surface area contributed by atoms with E-state index in [2.05, 4.69) is 25.3 Å². The van der Waals surface area contributed by atoms with E-state index in [4.69, 9.17) is 0 Å². The molecule has 2 aromatic heterocycles. The number of nitrogens with zero attached hydrogens (tertiary/aromatic N) is 3. The van der Waals surface area contributed by atoms with Crippen LogP contribution >= 0.6 is 0 Å². The first-order chi connectivity index (χ1) is 6.95. The third kappa shape index (κ3) is 2.37. The minimum absolute atomic E-state index is 0.715. The highest BCUT2D eigenvalue weighted by atomic mass is 14.9. The lowest BCUT2D eigenvalue weighted by Gasteiger charge is -2.01. The molecule has 0 spiro atoms. The summed E-state index contributed by atoms with van der Waals surface area (Å²) in [6.07, 6.45) is 8.56. The fourth-order valence-corrected chi connectivity index (χ4v) is 1.13. The van der Waals surface area contributed by atoms with Gasteiger partial charge in [0.1, 0.15) is 0 Å². The summed E-state index contributed by atoms with van der Waals surface area (Å²) < 4.78 is 0. The summed E-state index contributed by atoms with van der Waals surface area (Å²) >= 11 is 0. The summed E-state index contributed by atoms with van der Waals surface area (Å²) in [5.41, 5.74) is 2.00. The van der Waals surface area contributed by atoms with Gasteiger partial charge in [-0.1, -0.05) is 0 Å². The third-order valence-electron chi connectivity index (χ3n) is 1.79. The predicted molar refractivity (Wildman–Crippen MR) is 51.2 cm³/mol. The summed E-state index contributed by atoms with van der Waals surface area (Å²) in [6.45, 7) is 1.48. The van der Waals surface area contributed by atoms with E-state index in [-0.39, 0.29) is 0 Å². The van der Waals surface area contributed by atoms with Crippen LogP contribution in [-0.2, 0) is 13.1 Å². The first-order valence-corrected chi connectivity index (χ1v) is 4.38. The SMILES string of the molecule is c1cnc(CNCc2cnc[nH]2)cn1. The van der Waals surface area contributed by atoms with Crippen molar-refractivity contribution in [1.29, 1.82) is 0 Å². The Bertz CT molecular complexity index is 356. The Kier molecular flexibility index (Phi) is 2.82. The van der Waals surface area contributed by atoms with Crippen LogP contribution in [-0.4, -0.2) is 19.9 Å². The molecule has 0 bridgehead atoms. The maximum Gasteiger partial charge on any atom is 0.0922 e. The van der Waals surface area contributed by atoms with Gasteiger partial charge in [-0.15, -0.1) is 0 Å². The Labute approximate surface area is 81.6 Å². The van der Waals surface area contributed by atoms with Gasteiger partial charge in [0.05, 0.1) is 12.0 Å². The van der Waals surface area contributed by atoms with E-state index in [0.29, 0.717) is 6.54 Å². The van der Waals surface area contributed by atoms with E-state index in [0.717, 1.165) is 17.9 Å². The van der Waals surface area contributed by atoms with Gasteiger partial charge in [-0.05, 0) is 0 Å². The lowest BCUT2D eigenvalue weighted by atomic mass is 10.4. The predicted octanol–water partition coefficient (Wildman–Crippen LogP) is 0.490. The second-order valence-corrected chi connectivity index (χ2v) is 2.88. The molecule has 2 rings (SSSR count). The van der Waals surface area contributed by atoms with Crippen molar-refractivity contribution in [2.45, 2.75) is 13.1 Å². The van der Waals surface area contributed by atoms with Crippen LogP contribution in [0.1, 0.15) is 11.4 Å². The molecule has 2 heterocycles. The van der Waals surface area contributed by atoms with Crippen molar-refractivity contribution in [1.82, 2.24) is 25.3 Å². The number of imidazole rings is 1. The van der Waals surface area contributed by atoms with E-state index < -0.39 is 0 Å². The molecule has 5 nitrogen and oxygen atoms in total. The minimum atomic E-state index is 0.715. The average molecular weight is 189 g/mol. The lowest BCUT2D eigenvalue weighted by molar-refractivity contribution is 0.667. The van der Waals surface area contributed by atoms with Crippen LogP contribution in [0.15, 0.2) is 31.1 Å². The van der Waals surface area contributed by atoms with Crippen LogP contribution in [0.2, 0.25) is 0 Å². The third-order valence-corrected chi connectivity index (χ3v) is 1.79. The molecule has 0 aliphatic carbocycles. The number of nitrogens with one attached hydrogen (secondary N) is 2. The van der Waals surface area contributed by atoms with Crippen LogP contribution in [0.3, 0.4) is 0 Å². The van der Waals surface area contributed by atoms with Gasteiger partial charge in [0.2, 0.25) is 0 Å². The quantitative estimate of drug-likeness (QED) is 0.734. The van der Waals surface area contributed by atoms with Gasteiger partial charge in [-0.25, -0.2) is 4.98 Å². The highest BCUT2D eigenvalue weighted by molar-refractivity contribution is 4.96. The van der Waals surface area contributed by atoms with E-state index in [9.17, 15) is 0 Å². The first kappa shape index (κ1) is 8.83. The summed E-state index contributed by atoms with van der Waals surface area (Å²) in [5.74, 6) is 0. The molecule has 0 aliphatic heterocycles. The summed E-state index contributed by atoms with van der Waals surface area (Å²) in [4.78, 5) is 15.1. The lowest BCUT2D eigenvalue weighted by Crippen LogP contribution is -2.13. The van der Waals surface area contributed by atoms with E-state index in [1.807, 2.05) is 0 Å². The Balaban J connectivity index is 1.79. The summed E-state index contributed by atoms with van der Waals surface area (Å²) in [6, 6.07) is 0. The number of hydrogen-bond acceptors (Lipinski definition) is 4. The van der Waals surface area contributed by atoms with Gasteiger partial charge in [0.25, 0.3) is 0 Å². The monoisotopic (exact) mass is 189 g/mol. The molecule has 5 heteroatoms. The van der Waals surface area contributed by atoms with Gasteiger partial charge in [0, 0.05) is 43.6 Å². The maximum absolute atomic E-state index is 4.15. The molecular weight excluding hydrogens is 178 g/mol. The highest BCUT2D eigenvalue weighted by Crippen LogP contribution is 1.92. The molecule has 14 heavy (non-hydrogen) atoms. The molecule has 2 aromatic rings. The van der Waals surface area contributed by atoms with Gasteiger partial charge in [0.15, 0.2) is 0 Å². The van der Waals surface area contributed by atoms with Crippen molar-refractivity contribution in [2.24, 2.45) is 0 Å². The van der Waals surface area contributed by atoms with Gasteiger partial charge < -0.3 is 10.3 Å². The fourth-order valence-electron chi connectivity index (χ4n) is 1.13. The van der Waals surface area contributed by atoms with E-state index in [1.165, 1.54) is 0 Å². The molecule has 0 saturated carbocycles. The molecule has 0 fully saturated rings. The Morgan fingerprint density at radius 2 is 2.14 bits per heavy atom. The first-order valence-electron chi connectivity index (χ1n) is 4.38. The number of hydrogen-bond donors (Lipinski definition) is 2. The zero-order chi connectivity index (χ0) is 9.64. The zero-order valence-corrected chi connectivity index (χ0v) is 7.64. The maximum atomic E-state index is 4.15. The molecule has 0 atom stereocenters. The molecule has 0 unspecified atom stereocenters. The Morgan fingerprint density at radius 1 is 1.14 bits per heavy atom. The van der Waals surface area contributed by atoms with Crippen LogP contribution in [0.25, 0.3) is 0 Å². The van der Waals surface area contributed by atoms with Crippen molar-refractivity contribution in [3.63, 3.8) is 0 Å². The molecule has 2 N–H and O–H groups in total. The number of aromatic nitrogens is 4. The van der Waals surface area contributed by atoms with E-state index >= 15 is 0 Å². The molecule has 0 saturated heterocycles. The fraction of sp³-hybridized carbons (Fsp3) is 0.222. The Hall–Kier alpha value is -1.75. The molecule has 0 aliphatic rings.